The molecule has 24 heavy (non-hydrogen) atoms. The molecule has 4 nitrogen and oxygen atoms in total. The lowest BCUT2D eigenvalue weighted by molar-refractivity contribution is -0.123. The Morgan fingerprint density at radius 2 is 1.96 bits per heavy atom. The number of halogens is 2. The summed E-state index contributed by atoms with van der Waals surface area (Å²) in [5, 5.41) is 6.78. The molecule has 5 atom stereocenters. The number of piperidine rings is 1. The first-order valence-electron chi connectivity index (χ1n) is 9.41. The third-order valence-electron chi connectivity index (χ3n) is 6.06. The van der Waals surface area contributed by atoms with Crippen molar-refractivity contribution in [2.24, 2.45) is 11.8 Å². The van der Waals surface area contributed by atoms with Gasteiger partial charge in [-0.3, -0.25) is 9.69 Å². The Morgan fingerprint density at radius 3 is 2.67 bits per heavy atom. The van der Waals surface area contributed by atoms with Crippen molar-refractivity contribution in [3.05, 3.63) is 0 Å². The standard InChI is InChI=1S/C18H33N3O.2ClH/c1-13-6-5-9-21(12-13)14(2)11-19-18(22)17-10-15-7-3-4-8-16(15)20-17;;/h13-17,20H,3-12H2,1-2H3,(H,19,22);2*1H. The molecule has 1 aliphatic carbocycles. The zero-order chi connectivity index (χ0) is 15.5. The van der Waals surface area contributed by atoms with Gasteiger partial charge in [0.25, 0.3) is 0 Å². The van der Waals surface area contributed by atoms with Crippen molar-refractivity contribution in [2.45, 2.75) is 76.9 Å². The van der Waals surface area contributed by atoms with Crippen molar-refractivity contribution in [3.63, 3.8) is 0 Å². The topological polar surface area (TPSA) is 44.4 Å². The van der Waals surface area contributed by atoms with Crippen molar-refractivity contribution >= 4 is 30.7 Å². The van der Waals surface area contributed by atoms with E-state index in [-0.39, 0.29) is 36.8 Å². The number of hydrogen-bond acceptors (Lipinski definition) is 3. The van der Waals surface area contributed by atoms with E-state index in [4.69, 9.17) is 0 Å². The van der Waals surface area contributed by atoms with Crippen LogP contribution >= 0.6 is 24.8 Å². The van der Waals surface area contributed by atoms with E-state index in [0.29, 0.717) is 12.1 Å². The maximum absolute atomic E-state index is 12.4. The summed E-state index contributed by atoms with van der Waals surface area (Å²) in [6, 6.07) is 1.11. The Kier molecular flexibility index (Phi) is 9.35. The summed E-state index contributed by atoms with van der Waals surface area (Å²) in [6.07, 6.45) is 8.94. The van der Waals surface area contributed by atoms with E-state index in [1.54, 1.807) is 0 Å². The maximum atomic E-state index is 12.4. The van der Waals surface area contributed by atoms with E-state index in [2.05, 4.69) is 29.4 Å². The largest absolute Gasteiger partial charge is 0.353 e. The van der Waals surface area contributed by atoms with Gasteiger partial charge in [-0.25, -0.2) is 0 Å². The molecule has 2 heterocycles. The number of carbonyl (C=O) groups excluding carboxylic acids is 1. The molecule has 1 saturated carbocycles. The van der Waals surface area contributed by atoms with E-state index in [9.17, 15) is 4.79 Å². The fourth-order valence-corrected chi connectivity index (χ4v) is 4.65. The first-order chi connectivity index (χ1) is 10.6. The average Bonchev–Trinajstić information content (AvgIpc) is 2.96. The highest BCUT2D eigenvalue weighted by Gasteiger charge is 2.38. The molecule has 2 aliphatic heterocycles. The van der Waals surface area contributed by atoms with Gasteiger partial charge in [0.05, 0.1) is 6.04 Å². The SMILES string of the molecule is CC1CCCN(C(C)CNC(=O)C2CC3CCCCC3N2)C1.Cl.Cl. The highest BCUT2D eigenvalue weighted by molar-refractivity contribution is 5.85. The number of nitrogens with one attached hydrogen (secondary N) is 2. The van der Waals surface area contributed by atoms with Crippen molar-refractivity contribution in [3.8, 4) is 0 Å². The van der Waals surface area contributed by atoms with Gasteiger partial charge >= 0.3 is 0 Å². The molecule has 2 saturated heterocycles. The molecule has 0 spiro atoms. The molecule has 3 fully saturated rings. The van der Waals surface area contributed by atoms with Crippen LogP contribution in [-0.2, 0) is 4.79 Å². The Hall–Kier alpha value is -0.0300. The number of nitrogens with zero attached hydrogens (tertiary/aromatic N) is 1. The number of hydrogen-bond donors (Lipinski definition) is 2. The second kappa shape index (κ2) is 10.2. The summed E-state index contributed by atoms with van der Waals surface area (Å²) in [7, 11) is 0. The molecule has 0 aromatic carbocycles. The molecular formula is C18H35Cl2N3O. The zero-order valence-corrected chi connectivity index (χ0v) is 16.8. The van der Waals surface area contributed by atoms with Crippen LogP contribution in [0.4, 0.5) is 0 Å². The predicted octanol–water partition coefficient (Wildman–Crippen LogP) is 2.99. The normalized spacial score (nSPS) is 34.4. The maximum Gasteiger partial charge on any atom is 0.237 e. The number of amides is 1. The van der Waals surface area contributed by atoms with Gasteiger partial charge in [-0.15, -0.1) is 24.8 Å². The van der Waals surface area contributed by atoms with Gasteiger partial charge in [0.2, 0.25) is 5.91 Å². The van der Waals surface area contributed by atoms with E-state index in [0.717, 1.165) is 24.8 Å². The van der Waals surface area contributed by atoms with Crippen molar-refractivity contribution in [1.82, 2.24) is 15.5 Å². The molecule has 3 rings (SSSR count). The summed E-state index contributed by atoms with van der Waals surface area (Å²) < 4.78 is 0. The van der Waals surface area contributed by atoms with Crippen LogP contribution in [0, 0.1) is 11.8 Å². The van der Waals surface area contributed by atoms with Gasteiger partial charge in [0.15, 0.2) is 0 Å². The Bertz CT molecular complexity index is 382. The Balaban J connectivity index is 0.00000144. The van der Waals surface area contributed by atoms with E-state index < -0.39 is 0 Å². The van der Waals surface area contributed by atoms with E-state index in [1.165, 1.54) is 51.6 Å². The van der Waals surface area contributed by atoms with Gasteiger partial charge < -0.3 is 10.6 Å². The zero-order valence-electron chi connectivity index (χ0n) is 15.1. The van der Waals surface area contributed by atoms with Gasteiger partial charge in [-0.05, 0) is 57.4 Å². The summed E-state index contributed by atoms with van der Waals surface area (Å²) in [6.45, 7) is 7.75. The van der Waals surface area contributed by atoms with Crippen LogP contribution in [0.2, 0.25) is 0 Å². The number of likely N-dealkylation sites (tertiary alicyclic amines) is 1. The molecule has 0 bridgehead atoms. The second-order valence-corrected chi connectivity index (χ2v) is 7.94. The fourth-order valence-electron chi connectivity index (χ4n) is 4.65. The minimum Gasteiger partial charge on any atom is -0.353 e. The van der Waals surface area contributed by atoms with Crippen molar-refractivity contribution in [2.75, 3.05) is 19.6 Å². The van der Waals surface area contributed by atoms with Crippen LogP contribution in [0.15, 0.2) is 0 Å². The first kappa shape index (κ1) is 22.0. The molecule has 0 aromatic heterocycles. The fraction of sp³-hybridized carbons (Fsp3) is 0.944. The van der Waals surface area contributed by atoms with Crippen LogP contribution in [0.1, 0.15) is 58.8 Å². The molecule has 5 unspecified atom stereocenters. The van der Waals surface area contributed by atoms with Crippen LogP contribution in [-0.4, -0.2) is 48.6 Å². The van der Waals surface area contributed by atoms with Crippen LogP contribution in [0.5, 0.6) is 0 Å². The quantitative estimate of drug-likeness (QED) is 0.788. The predicted molar refractivity (Wildman–Crippen MR) is 104 cm³/mol. The molecule has 3 aliphatic rings. The summed E-state index contributed by atoms with van der Waals surface area (Å²) in [4.78, 5) is 15.0. The lowest BCUT2D eigenvalue weighted by Gasteiger charge is -2.35. The third-order valence-corrected chi connectivity index (χ3v) is 6.06. The molecule has 142 valence electrons. The minimum absolute atomic E-state index is 0. The monoisotopic (exact) mass is 379 g/mol. The summed E-state index contributed by atoms with van der Waals surface area (Å²) in [5.41, 5.74) is 0. The molecular weight excluding hydrogens is 345 g/mol. The lowest BCUT2D eigenvalue weighted by atomic mass is 9.85. The van der Waals surface area contributed by atoms with Gasteiger partial charge in [0, 0.05) is 25.2 Å². The van der Waals surface area contributed by atoms with Gasteiger partial charge in [0.1, 0.15) is 0 Å². The molecule has 2 N–H and O–H groups in total. The van der Waals surface area contributed by atoms with Gasteiger partial charge in [-0.2, -0.15) is 0 Å². The van der Waals surface area contributed by atoms with Crippen molar-refractivity contribution in [1.29, 1.82) is 0 Å². The van der Waals surface area contributed by atoms with Crippen molar-refractivity contribution < 1.29 is 4.79 Å². The lowest BCUT2D eigenvalue weighted by Crippen LogP contribution is -2.49. The Morgan fingerprint density at radius 1 is 1.21 bits per heavy atom. The average molecular weight is 380 g/mol. The molecule has 1 amide bonds. The minimum atomic E-state index is 0. The smallest absolute Gasteiger partial charge is 0.237 e. The first-order valence-corrected chi connectivity index (χ1v) is 9.41. The van der Waals surface area contributed by atoms with Crippen LogP contribution in [0.25, 0.3) is 0 Å². The van der Waals surface area contributed by atoms with E-state index >= 15 is 0 Å². The number of fused-ring (bicyclic) bond motifs is 1. The number of rotatable bonds is 4. The number of carbonyl (C=O) groups is 1. The van der Waals surface area contributed by atoms with Gasteiger partial charge in [-0.1, -0.05) is 19.8 Å². The summed E-state index contributed by atoms with van der Waals surface area (Å²) >= 11 is 0. The third kappa shape index (κ3) is 5.48. The van der Waals surface area contributed by atoms with Crippen LogP contribution < -0.4 is 10.6 Å². The Labute approximate surface area is 159 Å². The molecule has 0 radical (unpaired) electrons. The second-order valence-electron chi connectivity index (χ2n) is 7.94. The molecule has 0 aromatic rings. The summed E-state index contributed by atoms with van der Waals surface area (Å²) in [5.74, 6) is 1.77. The van der Waals surface area contributed by atoms with E-state index in [1.807, 2.05) is 0 Å². The van der Waals surface area contributed by atoms with Crippen LogP contribution in [0.3, 0.4) is 0 Å². The highest BCUT2D eigenvalue weighted by Crippen LogP contribution is 2.33. The molecule has 6 heteroatoms. The highest BCUT2D eigenvalue weighted by atomic mass is 35.5.